The molecule has 0 nitrogen and oxygen atoms in total. The smallest absolute Gasteiger partial charge is 0.00212 e. The second kappa shape index (κ2) is 5.93. The molecule has 62 valence electrons. The van der Waals surface area contributed by atoms with Gasteiger partial charge in [0.2, 0.25) is 0 Å². The Morgan fingerprint density at radius 1 is 1.40 bits per heavy atom. The minimum atomic E-state index is -0.918. The highest BCUT2D eigenvalue weighted by atomic mass is 32.4. The Hall–Kier alpha value is 1.35. The fourth-order valence-corrected chi connectivity index (χ4v) is 4.12. The summed E-state index contributed by atoms with van der Waals surface area (Å²) in [6.45, 7) is 4.42. The zero-order chi connectivity index (χ0) is 8.04. The van der Waals surface area contributed by atoms with Crippen molar-refractivity contribution in [3.63, 3.8) is 0 Å². The molecule has 0 atom stereocenters. The van der Waals surface area contributed by atoms with E-state index in [-0.39, 0.29) is 0 Å². The minimum Gasteiger partial charge on any atom is -0.179 e. The van der Waals surface area contributed by atoms with E-state index < -0.39 is 6.04 Å². The predicted octanol–water partition coefficient (Wildman–Crippen LogP) is 2.39. The van der Waals surface area contributed by atoms with Crippen LogP contribution in [0.3, 0.4) is 0 Å². The van der Waals surface area contributed by atoms with Gasteiger partial charge >= 0.3 is 0 Å². The molecule has 0 unspecified atom stereocenters. The quantitative estimate of drug-likeness (QED) is 0.424. The van der Waals surface area contributed by atoms with Crippen LogP contribution >= 0.6 is 30.4 Å². The lowest BCUT2D eigenvalue weighted by Gasteiger charge is -2.07. The van der Waals surface area contributed by atoms with E-state index in [2.05, 4.69) is 26.0 Å². The van der Waals surface area contributed by atoms with Crippen LogP contribution in [0, 0.1) is 0 Å². The first kappa shape index (κ1) is 11.4. The third-order valence-electron chi connectivity index (χ3n) is 1.01. The molecule has 0 aromatic rings. The molecule has 0 rings (SSSR count). The Morgan fingerprint density at radius 3 is 2.40 bits per heavy atom. The van der Waals surface area contributed by atoms with Crippen molar-refractivity contribution < 1.29 is 0 Å². The van der Waals surface area contributed by atoms with Crippen LogP contribution in [-0.4, -0.2) is 36.8 Å². The molecule has 0 amide bonds. The Labute approximate surface area is 79.0 Å². The maximum atomic E-state index is 5.31. The fourth-order valence-electron chi connectivity index (χ4n) is 0.451. The summed E-state index contributed by atoms with van der Waals surface area (Å²) in [5, 5.41) is 0. The van der Waals surface area contributed by atoms with Crippen LogP contribution in [0.2, 0.25) is 0 Å². The van der Waals surface area contributed by atoms with Gasteiger partial charge in [-0.1, -0.05) is 11.8 Å². The SMILES string of the molecule is CP(C)(=S)CCSCCS. The molecule has 0 aliphatic carbocycles. The lowest BCUT2D eigenvalue weighted by Crippen LogP contribution is -1.91. The molecule has 0 saturated carbocycles. The van der Waals surface area contributed by atoms with Gasteiger partial charge in [-0.2, -0.15) is 24.4 Å². The van der Waals surface area contributed by atoms with Gasteiger partial charge in [0.05, 0.1) is 0 Å². The third kappa shape index (κ3) is 9.35. The van der Waals surface area contributed by atoms with Crippen LogP contribution in [0.25, 0.3) is 0 Å². The molecule has 4 heteroatoms. The number of rotatable bonds is 5. The van der Waals surface area contributed by atoms with E-state index in [0.717, 1.165) is 5.75 Å². The number of thioether (sulfide) groups is 1. The van der Waals surface area contributed by atoms with E-state index in [0.29, 0.717) is 0 Å². The average molecular weight is 214 g/mol. The Morgan fingerprint density at radius 2 is 2.00 bits per heavy atom. The largest absolute Gasteiger partial charge is 0.179 e. The minimum absolute atomic E-state index is 0.918. The molecule has 0 N–H and O–H groups in total. The molecule has 0 aromatic heterocycles. The van der Waals surface area contributed by atoms with Crippen molar-refractivity contribution in [2.24, 2.45) is 0 Å². The summed E-state index contributed by atoms with van der Waals surface area (Å²) in [6.07, 6.45) is 1.24. The molecule has 0 aliphatic rings. The van der Waals surface area contributed by atoms with Gasteiger partial charge in [-0.3, -0.25) is 0 Å². The zero-order valence-electron chi connectivity index (χ0n) is 6.54. The number of hydrogen-bond acceptors (Lipinski definition) is 3. The van der Waals surface area contributed by atoms with Crippen LogP contribution in [0.5, 0.6) is 0 Å². The normalized spacial score (nSPS) is 11.9. The van der Waals surface area contributed by atoms with Crippen LogP contribution < -0.4 is 0 Å². The summed E-state index contributed by atoms with van der Waals surface area (Å²) in [5.74, 6) is 3.38. The van der Waals surface area contributed by atoms with Crippen molar-refractivity contribution in [3.8, 4) is 0 Å². The summed E-state index contributed by atoms with van der Waals surface area (Å²) in [5.41, 5.74) is 0. The Bertz CT molecular complexity index is 118. The highest BCUT2D eigenvalue weighted by Gasteiger charge is 2.00. The standard InChI is InChI=1S/C6H15PS3/c1-7(2,9)3-5-10-6-4-8/h8H,3-6H2,1-2H3. The molecule has 10 heavy (non-hydrogen) atoms. The average Bonchev–Trinajstić information content (AvgIpc) is 1.78. The lowest BCUT2D eigenvalue weighted by atomic mass is 10.9. The van der Waals surface area contributed by atoms with Crippen LogP contribution in [0.15, 0.2) is 0 Å². The highest BCUT2D eigenvalue weighted by molar-refractivity contribution is 8.14. The first-order chi connectivity index (χ1) is 4.56. The third-order valence-corrected chi connectivity index (χ3v) is 4.67. The van der Waals surface area contributed by atoms with Gasteiger partial charge in [-0.05, 0) is 37.0 Å². The van der Waals surface area contributed by atoms with Gasteiger partial charge in [0.25, 0.3) is 0 Å². The summed E-state index contributed by atoms with van der Waals surface area (Å²) in [6, 6.07) is -0.918. The van der Waals surface area contributed by atoms with Gasteiger partial charge in [0.1, 0.15) is 0 Å². The maximum absolute atomic E-state index is 5.31. The lowest BCUT2D eigenvalue weighted by molar-refractivity contribution is 1.48. The van der Waals surface area contributed by atoms with Crippen molar-refractivity contribution in [1.82, 2.24) is 0 Å². The van der Waals surface area contributed by atoms with E-state index in [9.17, 15) is 0 Å². The number of hydrogen-bond donors (Lipinski definition) is 1. The molecular formula is C6H15PS3. The Balaban J connectivity index is 3.13. The second-order valence-corrected chi connectivity index (χ2v) is 10.9. The van der Waals surface area contributed by atoms with Crippen LogP contribution in [-0.2, 0) is 11.8 Å². The van der Waals surface area contributed by atoms with Crippen molar-refractivity contribution in [2.45, 2.75) is 0 Å². The summed E-state index contributed by atoms with van der Waals surface area (Å²) < 4.78 is 0. The van der Waals surface area contributed by atoms with Gasteiger partial charge in [-0.15, -0.1) is 0 Å². The van der Waals surface area contributed by atoms with Gasteiger partial charge < -0.3 is 0 Å². The first-order valence-corrected chi connectivity index (χ1v) is 8.96. The molecule has 0 bridgehead atoms. The van der Waals surface area contributed by atoms with E-state index in [4.69, 9.17) is 11.8 Å². The van der Waals surface area contributed by atoms with Gasteiger partial charge in [-0.25, -0.2) is 0 Å². The molecule has 0 heterocycles. The fraction of sp³-hybridized carbons (Fsp3) is 1.00. The predicted molar refractivity (Wildman–Crippen MR) is 62.2 cm³/mol. The Kier molecular flexibility index (Phi) is 6.73. The zero-order valence-corrected chi connectivity index (χ0v) is 9.96. The molecule has 0 aromatic carbocycles. The highest BCUT2D eigenvalue weighted by Crippen LogP contribution is 2.36. The molecule has 0 radical (unpaired) electrons. The molecule has 0 aliphatic heterocycles. The second-order valence-electron chi connectivity index (χ2n) is 2.63. The summed E-state index contributed by atoms with van der Waals surface area (Å²) in [4.78, 5) is 0. The van der Waals surface area contributed by atoms with E-state index in [1.807, 2.05) is 11.8 Å². The number of thiol groups is 1. The summed E-state index contributed by atoms with van der Waals surface area (Å²) >= 11 is 11.4. The van der Waals surface area contributed by atoms with E-state index in [1.54, 1.807) is 0 Å². The van der Waals surface area contributed by atoms with E-state index in [1.165, 1.54) is 17.7 Å². The van der Waals surface area contributed by atoms with Gasteiger partial charge in [0.15, 0.2) is 0 Å². The van der Waals surface area contributed by atoms with Crippen molar-refractivity contribution in [1.29, 1.82) is 0 Å². The monoisotopic (exact) mass is 214 g/mol. The first-order valence-electron chi connectivity index (χ1n) is 3.29. The molecular weight excluding hydrogens is 199 g/mol. The molecule has 0 fully saturated rings. The van der Waals surface area contributed by atoms with E-state index >= 15 is 0 Å². The maximum Gasteiger partial charge on any atom is 0.00212 e. The topological polar surface area (TPSA) is 0 Å². The van der Waals surface area contributed by atoms with Crippen molar-refractivity contribution >= 4 is 42.2 Å². The summed E-state index contributed by atoms with van der Waals surface area (Å²) in [7, 11) is 0. The van der Waals surface area contributed by atoms with Crippen molar-refractivity contribution in [3.05, 3.63) is 0 Å². The molecule has 0 saturated heterocycles. The van der Waals surface area contributed by atoms with Crippen LogP contribution in [0.1, 0.15) is 0 Å². The van der Waals surface area contributed by atoms with Gasteiger partial charge in [0, 0.05) is 5.75 Å². The van der Waals surface area contributed by atoms with Crippen molar-refractivity contribution in [2.75, 3.05) is 36.8 Å². The molecule has 0 spiro atoms. The van der Waals surface area contributed by atoms with Crippen LogP contribution in [0.4, 0.5) is 0 Å².